The normalized spacial score (nSPS) is 11.5. The second-order valence-electron chi connectivity index (χ2n) is 4.13. The van der Waals surface area contributed by atoms with Crippen molar-refractivity contribution in [1.82, 2.24) is 0 Å². The van der Waals surface area contributed by atoms with Gasteiger partial charge >= 0.3 is 0 Å². The van der Waals surface area contributed by atoms with Gasteiger partial charge in [0, 0.05) is 6.42 Å². The van der Waals surface area contributed by atoms with Gasteiger partial charge in [-0.05, 0) is 23.1 Å². The van der Waals surface area contributed by atoms with Crippen molar-refractivity contribution in [3.8, 4) is 0 Å². The summed E-state index contributed by atoms with van der Waals surface area (Å²) in [5.74, 6) is 0. The molecule has 2 aromatic rings. The lowest BCUT2D eigenvalue weighted by atomic mass is 10.0. The Morgan fingerprint density at radius 2 is 1.44 bits per heavy atom. The Bertz CT molecular complexity index is 520. The van der Waals surface area contributed by atoms with E-state index in [0.29, 0.717) is 6.42 Å². The topological polar surface area (TPSA) is 32.6 Å². The first kappa shape index (κ1) is 12.7. The average molecular weight is 260 g/mol. The van der Waals surface area contributed by atoms with Crippen LogP contribution < -0.4 is 0 Å². The van der Waals surface area contributed by atoms with Crippen molar-refractivity contribution in [3.05, 3.63) is 71.3 Å². The molecule has 2 rings (SSSR count). The molecule has 0 aliphatic heterocycles. The van der Waals surface area contributed by atoms with Crippen LogP contribution in [0.3, 0.4) is 0 Å². The first-order valence-electron chi connectivity index (χ1n) is 5.76. The minimum atomic E-state index is 0.200. The molecular formula is C15H14ClNO. The van der Waals surface area contributed by atoms with E-state index >= 15 is 0 Å². The number of nitrogens with zero attached hydrogens (tertiary/aromatic N) is 1. The van der Waals surface area contributed by atoms with E-state index in [9.17, 15) is 0 Å². The van der Waals surface area contributed by atoms with Gasteiger partial charge < -0.3 is 5.21 Å². The van der Waals surface area contributed by atoms with Gasteiger partial charge in [-0.2, -0.15) is 0 Å². The van der Waals surface area contributed by atoms with Crippen molar-refractivity contribution < 1.29 is 5.21 Å². The molecule has 3 heteroatoms. The molecule has 0 bridgehead atoms. The van der Waals surface area contributed by atoms with Crippen LogP contribution >= 0.6 is 11.6 Å². The van der Waals surface area contributed by atoms with E-state index in [1.807, 2.05) is 30.3 Å². The predicted molar refractivity (Wildman–Crippen MR) is 74.5 cm³/mol. The molecule has 0 heterocycles. The molecule has 0 fully saturated rings. The number of benzene rings is 2. The van der Waals surface area contributed by atoms with Crippen molar-refractivity contribution in [2.45, 2.75) is 12.8 Å². The molecule has 0 saturated heterocycles. The highest BCUT2D eigenvalue weighted by Gasteiger charge is 2.00. The van der Waals surface area contributed by atoms with Crippen LogP contribution in [-0.2, 0) is 12.8 Å². The van der Waals surface area contributed by atoms with Crippen molar-refractivity contribution in [2.75, 3.05) is 0 Å². The first-order valence-corrected chi connectivity index (χ1v) is 6.14. The third-order valence-electron chi connectivity index (χ3n) is 2.73. The summed E-state index contributed by atoms with van der Waals surface area (Å²) in [5.41, 5.74) is 3.58. The van der Waals surface area contributed by atoms with Crippen LogP contribution in [0.25, 0.3) is 0 Å². The lowest BCUT2D eigenvalue weighted by molar-refractivity contribution is 0.319. The number of hydrogen-bond acceptors (Lipinski definition) is 2. The zero-order valence-electron chi connectivity index (χ0n) is 9.88. The van der Waals surface area contributed by atoms with Crippen LogP contribution in [0.5, 0.6) is 0 Å². The molecule has 0 amide bonds. The second-order valence-corrected chi connectivity index (χ2v) is 4.57. The monoisotopic (exact) mass is 259 g/mol. The number of rotatable bonds is 4. The average Bonchev–Trinajstić information content (AvgIpc) is 2.42. The molecule has 2 aromatic carbocycles. The minimum absolute atomic E-state index is 0.200. The lowest BCUT2D eigenvalue weighted by Gasteiger charge is -2.03. The summed E-state index contributed by atoms with van der Waals surface area (Å²) in [6.45, 7) is 0. The molecular weight excluding hydrogens is 246 g/mol. The van der Waals surface area contributed by atoms with E-state index in [1.54, 1.807) is 0 Å². The Morgan fingerprint density at radius 1 is 0.889 bits per heavy atom. The van der Waals surface area contributed by atoms with Crippen molar-refractivity contribution >= 4 is 16.8 Å². The SMILES string of the molecule is O/N=C(\Cl)Cc1ccc(Cc2ccccc2)cc1. The number of hydrogen-bond donors (Lipinski definition) is 1. The molecule has 18 heavy (non-hydrogen) atoms. The standard InChI is InChI=1S/C15H14ClNO/c16-15(17-18)11-14-8-6-13(7-9-14)10-12-4-2-1-3-5-12/h1-9,18H,10-11H2/b17-15-. The number of oxime groups is 1. The van der Waals surface area contributed by atoms with Gasteiger partial charge in [-0.25, -0.2) is 0 Å². The summed E-state index contributed by atoms with van der Waals surface area (Å²) in [6.07, 6.45) is 1.38. The minimum Gasteiger partial charge on any atom is -0.410 e. The molecule has 0 atom stereocenters. The molecule has 0 radical (unpaired) electrons. The van der Waals surface area contributed by atoms with E-state index in [4.69, 9.17) is 16.8 Å². The zero-order valence-corrected chi connectivity index (χ0v) is 10.6. The van der Waals surface area contributed by atoms with Crippen molar-refractivity contribution in [1.29, 1.82) is 0 Å². The van der Waals surface area contributed by atoms with Crippen LogP contribution in [-0.4, -0.2) is 10.4 Å². The molecule has 0 aromatic heterocycles. The van der Waals surface area contributed by atoms with Gasteiger partial charge in [0.25, 0.3) is 0 Å². The Labute approximate surface area is 112 Å². The fourth-order valence-corrected chi connectivity index (χ4v) is 1.96. The maximum Gasteiger partial charge on any atom is 0.149 e. The van der Waals surface area contributed by atoms with Crippen LogP contribution in [0, 0.1) is 0 Å². The van der Waals surface area contributed by atoms with Crippen molar-refractivity contribution in [3.63, 3.8) is 0 Å². The molecule has 0 saturated carbocycles. The Balaban J connectivity index is 2.04. The molecule has 2 nitrogen and oxygen atoms in total. The third-order valence-corrected chi connectivity index (χ3v) is 2.94. The summed E-state index contributed by atoms with van der Waals surface area (Å²) in [6, 6.07) is 18.5. The lowest BCUT2D eigenvalue weighted by Crippen LogP contribution is -1.95. The summed E-state index contributed by atoms with van der Waals surface area (Å²) in [7, 11) is 0. The van der Waals surface area contributed by atoms with Crippen LogP contribution in [0.1, 0.15) is 16.7 Å². The van der Waals surface area contributed by atoms with Gasteiger partial charge in [0.2, 0.25) is 0 Å². The van der Waals surface area contributed by atoms with Gasteiger partial charge in [-0.3, -0.25) is 0 Å². The zero-order chi connectivity index (χ0) is 12.8. The molecule has 0 unspecified atom stereocenters. The first-order chi connectivity index (χ1) is 8.78. The van der Waals surface area contributed by atoms with Gasteiger partial charge in [0.15, 0.2) is 0 Å². The van der Waals surface area contributed by atoms with Gasteiger partial charge in [-0.1, -0.05) is 71.4 Å². The van der Waals surface area contributed by atoms with Gasteiger partial charge in [0.1, 0.15) is 5.17 Å². The fraction of sp³-hybridized carbons (Fsp3) is 0.133. The summed E-state index contributed by atoms with van der Waals surface area (Å²) >= 11 is 5.67. The highest BCUT2D eigenvalue weighted by atomic mass is 35.5. The summed E-state index contributed by atoms with van der Waals surface area (Å²) in [5, 5.41) is 11.7. The fourth-order valence-electron chi connectivity index (χ4n) is 1.81. The molecule has 0 aliphatic carbocycles. The van der Waals surface area contributed by atoms with Gasteiger partial charge in [-0.15, -0.1) is 0 Å². The van der Waals surface area contributed by atoms with E-state index in [2.05, 4.69) is 29.4 Å². The van der Waals surface area contributed by atoms with Crippen molar-refractivity contribution in [2.24, 2.45) is 5.16 Å². The second kappa shape index (κ2) is 6.22. The Hall–Kier alpha value is -1.80. The predicted octanol–water partition coefficient (Wildman–Crippen LogP) is 3.85. The van der Waals surface area contributed by atoms with E-state index in [-0.39, 0.29) is 5.17 Å². The third kappa shape index (κ3) is 3.60. The Morgan fingerprint density at radius 3 is 2.06 bits per heavy atom. The van der Waals surface area contributed by atoms with Crippen LogP contribution in [0.15, 0.2) is 59.8 Å². The molecule has 1 N–H and O–H groups in total. The molecule has 0 aliphatic rings. The van der Waals surface area contributed by atoms with Crippen LogP contribution in [0.4, 0.5) is 0 Å². The summed E-state index contributed by atoms with van der Waals surface area (Å²) in [4.78, 5) is 0. The van der Waals surface area contributed by atoms with E-state index < -0.39 is 0 Å². The summed E-state index contributed by atoms with van der Waals surface area (Å²) < 4.78 is 0. The molecule has 0 spiro atoms. The Kier molecular flexibility index (Phi) is 4.37. The van der Waals surface area contributed by atoms with Crippen LogP contribution in [0.2, 0.25) is 0 Å². The number of halogens is 1. The maximum atomic E-state index is 8.50. The maximum absolute atomic E-state index is 8.50. The highest BCUT2D eigenvalue weighted by Crippen LogP contribution is 2.11. The van der Waals surface area contributed by atoms with E-state index in [1.165, 1.54) is 11.1 Å². The quantitative estimate of drug-likeness (QED) is 0.505. The van der Waals surface area contributed by atoms with Gasteiger partial charge in [0.05, 0.1) is 0 Å². The molecule has 92 valence electrons. The highest BCUT2D eigenvalue weighted by molar-refractivity contribution is 6.65. The van der Waals surface area contributed by atoms with E-state index in [0.717, 1.165) is 12.0 Å². The smallest absolute Gasteiger partial charge is 0.149 e. The largest absolute Gasteiger partial charge is 0.410 e.